The molecule has 0 saturated heterocycles. The number of ether oxygens (including phenoxy) is 1. The molecule has 200 valence electrons. The lowest BCUT2D eigenvalue weighted by Gasteiger charge is -2.41. The van der Waals surface area contributed by atoms with Crippen molar-refractivity contribution in [1.82, 2.24) is 0 Å². The second kappa shape index (κ2) is 8.25. The molecule has 18 heteroatoms. The highest BCUT2D eigenvalue weighted by molar-refractivity contribution is 5.82. The summed E-state index contributed by atoms with van der Waals surface area (Å²) in [5.41, 5.74) is 0.621. The predicted molar refractivity (Wildman–Crippen MR) is 84.3 cm³/mol. The Balaban J connectivity index is 2.27. The minimum Gasteiger partial charge on any atom is -0.457 e. The maximum absolute atomic E-state index is 13.7. The molecule has 3 nitrogen and oxygen atoms in total. The van der Waals surface area contributed by atoms with Crippen molar-refractivity contribution in [2.24, 2.45) is 0 Å². The van der Waals surface area contributed by atoms with Crippen LogP contribution >= 0.6 is 0 Å². The monoisotopic (exact) mass is 545 g/mol. The average Bonchev–Trinajstić information content (AvgIpc) is 3.14. The summed E-state index contributed by atoms with van der Waals surface area (Å²) in [5, 5.41) is 2.35. The number of carbonyl (C=O) groups is 1. The molecular weight excluding hydrogens is 535 g/mol. The molecule has 1 aliphatic heterocycles. The second-order valence-corrected chi connectivity index (χ2v) is 7.24. The Morgan fingerprint density at radius 3 is 1.69 bits per heavy atom. The largest absolute Gasteiger partial charge is 0.460 e. The Morgan fingerprint density at radius 2 is 1.20 bits per heavy atom. The van der Waals surface area contributed by atoms with Gasteiger partial charge in [-0.15, -0.1) is 0 Å². The summed E-state index contributed by atoms with van der Waals surface area (Å²) in [5.74, 6) is -49.2. The SMILES string of the molecule is O=C(OCC(F)(F)C(F)(F)C(F)(F)C(F)(F)C(F)(F)C(F)(F)C(F)(F)F)C1Cc2ccccc2N1. The van der Waals surface area contributed by atoms with Crippen LogP contribution in [0.4, 0.5) is 71.5 Å². The van der Waals surface area contributed by atoms with Crippen molar-refractivity contribution in [3.8, 4) is 0 Å². The summed E-state index contributed by atoms with van der Waals surface area (Å²) in [4.78, 5) is 11.8. The zero-order valence-electron chi connectivity index (χ0n) is 16.3. The molecule has 2 rings (SSSR count). The predicted octanol–water partition coefficient (Wildman–Crippen LogP) is 5.94. The van der Waals surface area contributed by atoms with Crippen LogP contribution in [0.25, 0.3) is 0 Å². The fourth-order valence-corrected chi connectivity index (χ4v) is 2.79. The molecule has 1 atom stereocenters. The molecule has 1 aliphatic rings. The van der Waals surface area contributed by atoms with Crippen molar-refractivity contribution in [2.75, 3.05) is 11.9 Å². The minimum atomic E-state index is -8.38. The third-order valence-corrected chi connectivity index (χ3v) is 4.84. The van der Waals surface area contributed by atoms with Crippen LogP contribution in [0.3, 0.4) is 0 Å². The van der Waals surface area contributed by atoms with Crippen LogP contribution in [0, 0.1) is 0 Å². The van der Waals surface area contributed by atoms with Crippen LogP contribution < -0.4 is 5.32 Å². The van der Waals surface area contributed by atoms with Gasteiger partial charge in [0.25, 0.3) is 0 Å². The number of para-hydroxylation sites is 1. The first-order valence-electron chi connectivity index (χ1n) is 8.80. The number of fused-ring (bicyclic) bond motifs is 1. The molecule has 0 fully saturated rings. The molecule has 1 aromatic rings. The van der Waals surface area contributed by atoms with E-state index in [-0.39, 0.29) is 12.1 Å². The van der Waals surface area contributed by atoms with Gasteiger partial charge in [-0.1, -0.05) is 18.2 Å². The number of anilines is 1. The van der Waals surface area contributed by atoms with Gasteiger partial charge in [0.2, 0.25) is 0 Å². The van der Waals surface area contributed by atoms with Gasteiger partial charge >= 0.3 is 47.7 Å². The van der Waals surface area contributed by atoms with E-state index in [1.54, 1.807) is 0 Å². The van der Waals surface area contributed by atoms with E-state index in [0.717, 1.165) is 0 Å². The van der Waals surface area contributed by atoms with E-state index in [1.807, 2.05) is 0 Å². The lowest BCUT2D eigenvalue weighted by atomic mass is 9.91. The maximum Gasteiger partial charge on any atom is 0.460 e. The first-order valence-corrected chi connectivity index (χ1v) is 8.80. The van der Waals surface area contributed by atoms with Crippen LogP contribution in [0.5, 0.6) is 0 Å². The number of halogens is 15. The quantitative estimate of drug-likeness (QED) is 0.325. The topological polar surface area (TPSA) is 38.3 Å². The van der Waals surface area contributed by atoms with Crippen molar-refractivity contribution in [1.29, 1.82) is 0 Å². The Bertz CT molecular complexity index is 932. The second-order valence-electron chi connectivity index (χ2n) is 7.24. The van der Waals surface area contributed by atoms with Crippen molar-refractivity contribution in [3.63, 3.8) is 0 Å². The van der Waals surface area contributed by atoms with E-state index in [1.165, 1.54) is 24.3 Å². The molecule has 35 heavy (non-hydrogen) atoms. The van der Waals surface area contributed by atoms with Crippen LogP contribution in [0.2, 0.25) is 0 Å². The fraction of sp³-hybridized carbons (Fsp3) is 0.588. The first-order chi connectivity index (χ1) is 15.5. The van der Waals surface area contributed by atoms with Gasteiger partial charge in [-0.25, -0.2) is 4.79 Å². The van der Waals surface area contributed by atoms with Gasteiger partial charge in [0.15, 0.2) is 6.61 Å². The molecule has 0 radical (unpaired) electrons. The van der Waals surface area contributed by atoms with Gasteiger partial charge in [-0.2, -0.15) is 65.9 Å². The van der Waals surface area contributed by atoms with E-state index >= 15 is 0 Å². The molecule has 0 bridgehead atoms. The van der Waals surface area contributed by atoms with Crippen molar-refractivity contribution in [3.05, 3.63) is 29.8 Å². The Labute approximate surface area is 184 Å². The molecule has 0 spiro atoms. The standard InChI is InChI=1S/C17H10F15NO2/c18-11(19,6-35-10(34)9-5-7-3-1-2-4-8(7)33-9)12(20,21)13(22,23)14(24,25)15(26,27)16(28,29)17(30,31)32/h1-4,9,33H,5-6H2. The van der Waals surface area contributed by atoms with E-state index in [9.17, 15) is 70.7 Å². The maximum atomic E-state index is 13.7. The highest BCUT2D eigenvalue weighted by Crippen LogP contribution is 2.62. The lowest BCUT2D eigenvalue weighted by molar-refractivity contribution is -0.453. The molecule has 1 unspecified atom stereocenters. The lowest BCUT2D eigenvalue weighted by Crippen LogP contribution is -2.73. The first kappa shape index (κ1) is 28.7. The molecule has 0 saturated carbocycles. The van der Waals surface area contributed by atoms with Gasteiger partial charge in [0.1, 0.15) is 6.04 Å². The molecular formula is C17H10F15NO2. The molecule has 1 aromatic carbocycles. The molecule has 0 aromatic heterocycles. The third-order valence-electron chi connectivity index (χ3n) is 4.84. The average molecular weight is 545 g/mol. The van der Waals surface area contributed by atoms with Gasteiger partial charge in [-0.05, 0) is 11.6 Å². The number of rotatable bonds is 8. The summed E-state index contributed by atoms with van der Waals surface area (Å²) < 4.78 is 200. The van der Waals surface area contributed by atoms with Crippen LogP contribution in [0.1, 0.15) is 5.56 Å². The third kappa shape index (κ3) is 4.21. The normalized spacial score (nSPS) is 18.2. The van der Waals surface area contributed by atoms with Crippen molar-refractivity contribution in [2.45, 2.75) is 54.2 Å². The van der Waals surface area contributed by atoms with E-state index in [2.05, 4.69) is 10.1 Å². The van der Waals surface area contributed by atoms with Gasteiger partial charge in [0.05, 0.1) is 0 Å². The zero-order chi connectivity index (χ0) is 27.5. The molecule has 0 amide bonds. The molecule has 1 N–H and O–H groups in total. The summed E-state index contributed by atoms with van der Waals surface area (Å²) in [6.45, 7) is -3.15. The van der Waals surface area contributed by atoms with Crippen LogP contribution in [-0.2, 0) is 16.0 Å². The summed E-state index contributed by atoms with van der Waals surface area (Å²) >= 11 is 0. The highest BCUT2D eigenvalue weighted by Gasteiger charge is 2.93. The number of hydrogen-bond donors (Lipinski definition) is 1. The smallest absolute Gasteiger partial charge is 0.457 e. The minimum absolute atomic E-state index is 0.241. The fourth-order valence-electron chi connectivity index (χ4n) is 2.79. The number of nitrogens with one attached hydrogen (secondary N) is 1. The van der Waals surface area contributed by atoms with Crippen molar-refractivity contribution < 1.29 is 75.4 Å². The van der Waals surface area contributed by atoms with E-state index in [4.69, 9.17) is 0 Å². The van der Waals surface area contributed by atoms with E-state index in [0.29, 0.717) is 5.56 Å². The number of esters is 1. The Kier molecular flexibility index (Phi) is 6.76. The number of alkyl halides is 15. The molecule has 1 heterocycles. The number of benzene rings is 1. The van der Waals surface area contributed by atoms with Gasteiger partial charge in [0, 0.05) is 12.1 Å². The summed E-state index contributed by atoms with van der Waals surface area (Å²) in [7, 11) is 0. The number of hydrogen-bond acceptors (Lipinski definition) is 3. The van der Waals surface area contributed by atoms with E-state index < -0.39 is 60.3 Å². The van der Waals surface area contributed by atoms with Crippen molar-refractivity contribution >= 4 is 11.7 Å². The van der Waals surface area contributed by atoms with Gasteiger partial charge in [-0.3, -0.25) is 0 Å². The summed E-state index contributed by atoms with van der Waals surface area (Å²) in [6.07, 6.45) is -7.97. The zero-order valence-corrected chi connectivity index (χ0v) is 16.3. The highest BCUT2D eigenvalue weighted by atomic mass is 19.4. The summed E-state index contributed by atoms with van der Waals surface area (Å²) in [6, 6.07) is 4.12. The number of carbonyl (C=O) groups excluding carboxylic acids is 1. The van der Waals surface area contributed by atoms with Crippen LogP contribution in [-0.4, -0.2) is 60.3 Å². The Hall–Kier alpha value is -2.56. The molecule has 0 aliphatic carbocycles. The Morgan fingerprint density at radius 1 is 0.743 bits per heavy atom. The van der Waals surface area contributed by atoms with Crippen LogP contribution in [0.15, 0.2) is 24.3 Å². The van der Waals surface area contributed by atoms with Gasteiger partial charge < -0.3 is 10.1 Å².